The second-order valence-corrected chi connectivity index (χ2v) is 9.53. The van der Waals surface area contributed by atoms with Crippen LogP contribution in [0.25, 0.3) is 10.8 Å². The van der Waals surface area contributed by atoms with Gasteiger partial charge in [0.2, 0.25) is 0 Å². The molecule has 0 bridgehead atoms. The van der Waals surface area contributed by atoms with Crippen LogP contribution in [0, 0.1) is 19.8 Å². The molecule has 0 amide bonds. The van der Waals surface area contributed by atoms with Crippen LogP contribution in [-0.2, 0) is 19.4 Å². The molecule has 1 fully saturated rings. The standard InChI is InChI=1S/C28H34N2/c1-21-16-26-12-15-30(20-27(26)17-22(21)2)19-23-10-13-29(18-23)14-11-25-8-5-7-24-6-3-4-9-28(24)25/h3-9,16-17,23H,10-15,18-20H2,1-2H3. The van der Waals surface area contributed by atoms with Gasteiger partial charge in [-0.15, -0.1) is 0 Å². The maximum absolute atomic E-state index is 2.70. The molecule has 0 aliphatic carbocycles. The third-order valence-corrected chi connectivity index (χ3v) is 7.37. The van der Waals surface area contributed by atoms with Crippen molar-refractivity contribution in [1.82, 2.24) is 9.80 Å². The number of rotatable bonds is 5. The average molecular weight is 399 g/mol. The van der Waals surface area contributed by atoms with Crippen molar-refractivity contribution >= 4 is 10.8 Å². The van der Waals surface area contributed by atoms with Crippen LogP contribution in [0.15, 0.2) is 54.6 Å². The summed E-state index contributed by atoms with van der Waals surface area (Å²) in [5.74, 6) is 0.825. The summed E-state index contributed by atoms with van der Waals surface area (Å²) in [4.78, 5) is 5.40. The number of likely N-dealkylation sites (tertiary alicyclic amines) is 1. The highest BCUT2D eigenvalue weighted by atomic mass is 15.2. The Bertz CT molecular complexity index is 1030. The van der Waals surface area contributed by atoms with E-state index in [-0.39, 0.29) is 0 Å². The zero-order chi connectivity index (χ0) is 20.5. The minimum Gasteiger partial charge on any atom is -0.303 e. The molecule has 156 valence electrons. The van der Waals surface area contributed by atoms with Crippen molar-refractivity contribution in [2.24, 2.45) is 5.92 Å². The SMILES string of the molecule is Cc1cc2c(cc1C)CN(CC1CCN(CCc3cccc4ccccc34)C1)CC2. The van der Waals surface area contributed by atoms with E-state index in [2.05, 4.69) is 78.2 Å². The summed E-state index contributed by atoms with van der Waals surface area (Å²) in [7, 11) is 0. The molecule has 1 saturated heterocycles. The van der Waals surface area contributed by atoms with Crippen molar-refractivity contribution < 1.29 is 0 Å². The Kier molecular flexibility index (Phi) is 5.62. The highest BCUT2D eigenvalue weighted by molar-refractivity contribution is 5.85. The van der Waals surface area contributed by atoms with Gasteiger partial charge in [-0.25, -0.2) is 0 Å². The third-order valence-electron chi connectivity index (χ3n) is 7.37. The quantitative estimate of drug-likeness (QED) is 0.569. The molecule has 2 nitrogen and oxygen atoms in total. The molecule has 1 atom stereocenters. The maximum atomic E-state index is 2.70. The number of aryl methyl sites for hydroxylation is 2. The Morgan fingerprint density at radius 3 is 2.57 bits per heavy atom. The molecule has 30 heavy (non-hydrogen) atoms. The number of benzene rings is 3. The molecule has 0 spiro atoms. The van der Waals surface area contributed by atoms with Gasteiger partial charge >= 0.3 is 0 Å². The van der Waals surface area contributed by atoms with E-state index >= 15 is 0 Å². The number of hydrogen-bond acceptors (Lipinski definition) is 2. The Morgan fingerprint density at radius 2 is 1.67 bits per heavy atom. The van der Waals surface area contributed by atoms with Gasteiger partial charge in [0.25, 0.3) is 0 Å². The summed E-state index contributed by atoms with van der Waals surface area (Å²) < 4.78 is 0. The van der Waals surface area contributed by atoms with E-state index in [0.717, 1.165) is 18.9 Å². The fourth-order valence-corrected chi connectivity index (χ4v) is 5.49. The molecular weight excluding hydrogens is 364 g/mol. The van der Waals surface area contributed by atoms with Gasteiger partial charge in [-0.1, -0.05) is 54.6 Å². The van der Waals surface area contributed by atoms with Gasteiger partial charge < -0.3 is 4.90 Å². The normalized spacial score (nSPS) is 20.0. The largest absolute Gasteiger partial charge is 0.303 e. The molecule has 2 heterocycles. The molecule has 0 N–H and O–H groups in total. The first-order valence-electron chi connectivity index (χ1n) is 11.7. The van der Waals surface area contributed by atoms with E-state index in [4.69, 9.17) is 0 Å². The summed E-state index contributed by atoms with van der Waals surface area (Å²) in [5, 5.41) is 2.79. The molecule has 0 aromatic heterocycles. The number of fused-ring (bicyclic) bond motifs is 2. The van der Waals surface area contributed by atoms with Crippen LogP contribution < -0.4 is 0 Å². The van der Waals surface area contributed by atoms with Gasteiger partial charge in [-0.3, -0.25) is 4.90 Å². The second kappa shape index (κ2) is 8.53. The molecule has 0 radical (unpaired) electrons. The molecule has 2 heteroatoms. The maximum Gasteiger partial charge on any atom is 0.0236 e. The summed E-state index contributed by atoms with van der Waals surface area (Å²) in [6.45, 7) is 11.8. The molecule has 3 aromatic rings. The van der Waals surface area contributed by atoms with Crippen molar-refractivity contribution in [3.8, 4) is 0 Å². The second-order valence-electron chi connectivity index (χ2n) is 9.53. The molecule has 5 rings (SSSR count). The van der Waals surface area contributed by atoms with E-state index in [1.807, 2.05) is 0 Å². The molecule has 1 unspecified atom stereocenters. The average Bonchev–Trinajstić information content (AvgIpc) is 3.20. The zero-order valence-electron chi connectivity index (χ0n) is 18.5. The smallest absolute Gasteiger partial charge is 0.0236 e. The lowest BCUT2D eigenvalue weighted by Gasteiger charge is -2.31. The Balaban J connectivity index is 1.15. The van der Waals surface area contributed by atoms with Crippen LogP contribution in [0.4, 0.5) is 0 Å². The lowest BCUT2D eigenvalue weighted by Crippen LogP contribution is -2.35. The Hall–Kier alpha value is -2.16. The molecule has 0 saturated carbocycles. The van der Waals surface area contributed by atoms with E-state index in [0.29, 0.717) is 0 Å². The lowest BCUT2D eigenvalue weighted by atomic mass is 9.94. The first-order valence-corrected chi connectivity index (χ1v) is 11.7. The predicted molar refractivity (Wildman–Crippen MR) is 127 cm³/mol. The molecule has 2 aliphatic rings. The summed E-state index contributed by atoms with van der Waals surface area (Å²) >= 11 is 0. The van der Waals surface area contributed by atoms with Gasteiger partial charge in [0.05, 0.1) is 0 Å². The van der Waals surface area contributed by atoms with Crippen LogP contribution in [0.3, 0.4) is 0 Å². The molecular formula is C28H34N2. The van der Waals surface area contributed by atoms with Crippen LogP contribution in [-0.4, -0.2) is 42.5 Å². The minimum atomic E-state index is 0.825. The Labute approximate surface area is 181 Å². The van der Waals surface area contributed by atoms with E-state index in [1.165, 1.54) is 73.0 Å². The first-order chi connectivity index (χ1) is 14.7. The van der Waals surface area contributed by atoms with Crippen molar-refractivity contribution in [1.29, 1.82) is 0 Å². The van der Waals surface area contributed by atoms with Gasteiger partial charge in [0.1, 0.15) is 0 Å². The fourth-order valence-electron chi connectivity index (χ4n) is 5.49. The van der Waals surface area contributed by atoms with Crippen LogP contribution in [0.5, 0.6) is 0 Å². The van der Waals surface area contributed by atoms with Crippen molar-refractivity contribution in [2.45, 2.75) is 39.7 Å². The van der Waals surface area contributed by atoms with E-state index in [9.17, 15) is 0 Å². The zero-order valence-corrected chi connectivity index (χ0v) is 18.5. The fraction of sp³-hybridized carbons (Fsp3) is 0.429. The highest BCUT2D eigenvalue weighted by Crippen LogP contribution is 2.26. The van der Waals surface area contributed by atoms with Crippen molar-refractivity contribution in [3.05, 3.63) is 82.4 Å². The highest BCUT2D eigenvalue weighted by Gasteiger charge is 2.26. The van der Waals surface area contributed by atoms with Crippen LogP contribution >= 0.6 is 0 Å². The van der Waals surface area contributed by atoms with Crippen molar-refractivity contribution in [3.63, 3.8) is 0 Å². The topological polar surface area (TPSA) is 6.48 Å². The van der Waals surface area contributed by atoms with Crippen LogP contribution in [0.1, 0.15) is 34.2 Å². The van der Waals surface area contributed by atoms with Gasteiger partial charge in [0, 0.05) is 32.7 Å². The first kappa shape index (κ1) is 19.8. The summed E-state index contributed by atoms with van der Waals surface area (Å²) in [6.07, 6.45) is 3.73. The van der Waals surface area contributed by atoms with E-state index in [1.54, 1.807) is 11.1 Å². The van der Waals surface area contributed by atoms with Crippen LogP contribution in [0.2, 0.25) is 0 Å². The number of nitrogens with zero attached hydrogens (tertiary/aromatic N) is 2. The van der Waals surface area contributed by atoms with E-state index < -0.39 is 0 Å². The van der Waals surface area contributed by atoms with Crippen molar-refractivity contribution in [2.75, 3.05) is 32.7 Å². The Morgan fingerprint density at radius 1 is 0.867 bits per heavy atom. The van der Waals surface area contributed by atoms with Gasteiger partial charge in [-0.2, -0.15) is 0 Å². The molecule has 3 aromatic carbocycles. The monoisotopic (exact) mass is 398 g/mol. The summed E-state index contributed by atoms with van der Waals surface area (Å²) in [5.41, 5.74) is 7.53. The van der Waals surface area contributed by atoms with Gasteiger partial charge in [0.15, 0.2) is 0 Å². The molecule has 2 aliphatic heterocycles. The third kappa shape index (κ3) is 4.17. The minimum absolute atomic E-state index is 0.825. The van der Waals surface area contributed by atoms with Gasteiger partial charge in [-0.05, 0) is 84.2 Å². The number of hydrogen-bond donors (Lipinski definition) is 0. The summed E-state index contributed by atoms with van der Waals surface area (Å²) in [6, 6.07) is 20.4. The lowest BCUT2D eigenvalue weighted by molar-refractivity contribution is 0.210. The predicted octanol–water partition coefficient (Wildman–Crippen LogP) is 5.38.